The Labute approximate surface area is 121 Å². The number of nitrogens with two attached hydrogens (primary N) is 1. The summed E-state index contributed by atoms with van der Waals surface area (Å²) in [4.78, 5) is 0.176. The Morgan fingerprint density at radius 3 is 2.47 bits per heavy atom. The van der Waals surface area contributed by atoms with Crippen LogP contribution in [0.25, 0.3) is 0 Å². The van der Waals surface area contributed by atoms with Crippen LogP contribution in [0.5, 0.6) is 0 Å². The third-order valence-corrected chi connectivity index (χ3v) is 4.78. The van der Waals surface area contributed by atoms with Gasteiger partial charge < -0.3 is 10.9 Å². The second-order valence-electron chi connectivity index (χ2n) is 3.88. The van der Waals surface area contributed by atoms with E-state index in [0.29, 0.717) is 13.0 Å². The summed E-state index contributed by atoms with van der Waals surface area (Å²) in [6.07, 6.45) is 0.633. The van der Waals surface area contributed by atoms with Crippen LogP contribution in [-0.2, 0) is 10.0 Å². The topological polar surface area (TPSA) is 96.0 Å². The van der Waals surface area contributed by atoms with E-state index in [-0.39, 0.29) is 17.3 Å². The normalized spacial score (nSPS) is 12.9. The molecule has 3 N–H and O–H groups in total. The maximum Gasteiger partial charge on any atom is 0.243 e. The molecule has 0 bridgehead atoms. The zero-order valence-corrected chi connectivity index (χ0v) is 12.9. The van der Waals surface area contributed by atoms with Crippen LogP contribution in [0.1, 0.15) is 13.3 Å². The van der Waals surface area contributed by atoms with E-state index in [1.807, 2.05) is 6.92 Å². The number of hydrogen-bond acceptors (Lipinski definition) is 4. The number of nitrogens with zero attached hydrogens (tertiary/aromatic N) is 2. The lowest BCUT2D eigenvalue weighted by atomic mass is 10.4. The van der Waals surface area contributed by atoms with Crippen LogP contribution in [0.15, 0.2) is 38.8 Å². The van der Waals surface area contributed by atoms with E-state index in [1.54, 1.807) is 12.1 Å². The van der Waals surface area contributed by atoms with E-state index in [4.69, 9.17) is 10.9 Å². The average molecular weight is 350 g/mol. The second-order valence-corrected chi connectivity index (χ2v) is 6.74. The lowest BCUT2D eigenvalue weighted by molar-refractivity contribution is 0.314. The number of halogens is 1. The van der Waals surface area contributed by atoms with Crippen LogP contribution in [0, 0.1) is 0 Å². The van der Waals surface area contributed by atoms with Crippen LogP contribution in [0.4, 0.5) is 0 Å². The SMILES string of the molecule is CCCN(CC(N)=NO)S(=O)(=O)c1ccc(Br)cc1. The molecule has 1 rings (SSSR count). The van der Waals surface area contributed by atoms with Crippen molar-refractivity contribution >= 4 is 31.8 Å². The first-order chi connectivity index (χ1) is 8.91. The molecule has 0 aliphatic carbocycles. The summed E-state index contributed by atoms with van der Waals surface area (Å²) in [5, 5.41) is 11.4. The molecular formula is C11H16BrN3O3S. The predicted molar refractivity (Wildman–Crippen MR) is 76.6 cm³/mol. The van der Waals surface area contributed by atoms with E-state index in [2.05, 4.69) is 21.1 Å². The van der Waals surface area contributed by atoms with Crippen molar-refractivity contribution in [2.24, 2.45) is 10.9 Å². The van der Waals surface area contributed by atoms with Gasteiger partial charge in [0.05, 0.1) is 11.4 Å². The molecule has 0 spiro atoms. The van der Waals surface area contributed by atoms with Gasteiger partial charge in [0.1, 0.15) is 0 Å². The Kier molecular flexibility index (Phi) is 5.77. The fraction of sp³-hybridized carbons (Fsp3) is 0.364. The highest BCUT2D eigenvalue weighted by Gasteiger charge is 2.24. The number of hydrogen-bond donors (Lipinski definition) is 2. The van der Waals surface area contributed by atoms with Gasteiger partial charge in [-0.25, -0.2) is 8.42 Å². The van der Waals surface area contributed by atoms with Crippen LogP contribution in [0.2, 0.25) is 0 Å². The molecule has 0 unspecified atom stereocenters. The van der Waals surface area contributed by atoms with Crippen molar-refractivity contribution in [3.05, 3.63) is 28.7 Å². The Balaban J connectivity index is 3.08. The van der Waals surface area contributed by atoms with Gasteiger partial charge in [-0.05, 0) is 30.7 Å². The summed E-state index contributed by atoms with van der Waals surface area (Å²) in [6.45, 7) is 2.02. The maximum atomic E-state index is 12.4. The largest absolute Gasteiger partial charge is 0.409 e. The summed E-state index contributed by atoms with van der Waals surface area (Å²) in [5.74, 6) is -0.144. The molecule has 0 saturated heterocycles. The summed E-state index contributed by atoms with van der Waals surface area (Å²) < 4.78 is 26.8. The molecule has 0 heterocycles. The molecule has 106 valence electrons. The van der Waals surface area contributed by atoms with Crippen molar-refractivity contribution in [2.75, 3.05) is 13.1 Å². The zero-order valence-electron chi connectivity index (χ0n) is 10.5. The third-order valence-electron chi connectivity index (χ3n) is 2.39. The second kappa shape index (κ2) is 6.88. The van der Waals surface area contributed by atoms with Crippen molar-refractivity contribution in [3.8, 4) is 0 Å². The van der Waals surface area contributed by atoms with Crippen LogP contribution in [-0.4, -0.2) is 36.9 Å². The minimum atomic E-state index is -3.64. The fourth-order valence-corrected chi connectivity index (χ4v) is 3.27. The van der Waals surface area contributed by atoms with Gasteiger partial charge in [0, 0.05) is 11.0 Å². The van der Waals surface area contributed by atoms with Crippen LogP contribution < -0.4 is 5.73 Å². The molecule has 8 heteroatoms. The van der Waals surface area contributed by atoms with Crippen molar-refractivity contribution in [1.29, 1.82) is 0 Å². The average Bonchev–Trinajstić information content (AvgIpc) is 2.38. The summed E-state index contributed by atoms with van der Waals surface area (Å²) in [6, 6.07) is 6.32. The monoisotopic (exact) mass is 349 g/mol. The first-order valence-electron chi connectivity index (χ1n) is 5.64. The van der Waals surface area contributed by atoms with Gasteiger partial charge in [0.2, 0.25) is 10.0 Å². The fourth-order valence-electron chi connectivity index (χ4n) is 1.50. The minimum absolute atomic E-state index is 0.136. The Morgan fingerprint density at radius 2 is 2.00 bits per heavy atom. The van der Waals surface area contributed by atoms with Gasteiger partial charge >= 0.3 is 0 Å². The highest BCUT2D eigenvalue weighted by atomic mass is 79.9. The third kappa shape index (κ3) is 4.19. The van der Waals surface area contributed by atoms with Gasteiger partial charge in [-0.15, -0.1) is 0 Å². The first-order valence-corrected chi connectivity index (χ1v) is 7.87. The molecule has 0 atom stereocenters. The number of benzene rings is 1. The van der Waals surface area contributed by atoms with Gasteiger partial charge in [0.25, 0.3) is 0 Å². The van der Waals surface area contributed by atoms with Gasteiger partial charge in [-0.3, -0.25) is 0 Å². The Hall–Kier alpha value is -1.12. The number of rotatable bonds is 6. The molecule has 1 aromatic rings. The van der Waals surface area contributed by atoms with Crippen molar-refractivity contribution in [3.63, 3.8) is 0 Å². The zero-order chi connectivity index (χ0) is 14.5. The number of oxime groups is 1. The maximum absolute atomic E-state index is 12.4. The molecule has 19 heavy (non-hydrogen) atoms. The smallest absolute Gasteiger partial charge is 0.243 e. The molecule has 0 aliphatic rings. The lowest BCUT2D eigenvalue weighted by Crippen LogP contribution is -2.39. The van der Waals surface area contributed by atoms with E-state index in [0.717, 1.165) is 4.47 Å². The minimum Gasteiger partial charge on any atom is -0.409 e. The molecule has 1 aromatic carbocycles. The van der Waals surface area contributed by atoms with Gasteiger partial charge in [-0.2, -0.15) is 4.31 Å². The summed E-state index contributed by atoms with van der Waals surface area (Å²) in [7, 11) is -3.64. The summed E-state index contributed by atoms with van der Waals surface area (Å²) in [5.41, 5.74) is 5.39. The summed E-state index contributed by atoms with van der Waals surface area (Å²) >= 11 is 3.25. The lowest BCUT2D eigenvalue weighted by Gasteiger charge is -2.20. The Morgan fingerprint density at radius 1 is 1.42 bits per heavy atom. The molecule has 0 amide bonds. The predicted octanol–water partition coefficient (Wildman–Crippen LogP) is 1.60. The number of amidine groups is 1. The first kappa shape index (κ1) is 15.9. The highest BCUT2D eigenvalue weighted by Crippen LogP contribution is 2.18. The van der Waals surface area contributed by atoms with Crippen molar-refractivity contribution < 1.29 is 13.6 Å². The van der Waals surface area contributed by atoms with E-state index in [9.17, 15) is 8.42 Å². The standard InChI is InChI=1S/C11H16BrN3O3S/c1-2-7-15(8-11(13)14-16)19(17,18)10-5-3-9(12)4-6-10/h3-6,16H,2,7-8H2,1H3,(H2,13,14). The molecule has 6 nitrogen and oxygen atoms in total. The molecule has 0 fully saturated rings. The molecular weight excluding hydrogens is 334 g/mol. The molecule has 0 aromatic heterocycles. The van der Waals surface area contributed by atoms with Crippen molar-refractivity contribution in [2.45, 2.75) is 18.2 Å². The van der Waals surface area contributed by atoms with Crippen LogP contribution in [0.3, 0.4) is 0 Å². The van der Waals surface area contributed by atoms with Crippen LogP contribution >= 0.6 is 15.9 Å². The van der Waals surface area contributed by atoms with Gasteiger partial charge in [0.15, 0.2) is 5.84 Å². The highest BCUT2D eigenvalue weighted by molar-refractivity contribution is 9.10. The van der Waals surface area contributed by atoms with E-state index in [1.165, 1.54) is 16.4 Å². The molecule has 0 aliphatic heterocycles. The van der Waals surface area contributed by atoms with Gasteiger partial charge in [-0.1, -0.05) is 28.0 Å². The van der Waals surface area contributed by atoms with Crippen molar-refractivity contribution in [1.82, 2.24) is 4.31 Å². The van der Waals surface area contributed by atoms with E-state index >= 15 is 0 Å². The molecule has 0 radical (unpaired) electrons. The Bertz CT molecular complexity index is 543. The van der Waals surface area contributed by atoms with E-state index < -0.39 is 10.0 Å². The number of sulfonamides is 1. The molecule has 0 saturated carbocycles. The quantitative estimate of drug-likeness (QED) is 0.352.